The Morgan fingerprint density at radius 2 is 0.800 bits per heavy atom. The molecule has 0 aromatic carbocycles. The maximum atomic E-state index is 2.28. The van der Waals surface area contributed by atoms with Gasteiger partial charge in [0.25, 0.3) is 0 Å². The van der Waals surface area contributed by atoms with E-state index in [2.05, 4.69) is 55.9 Å². The molecular weight excluding hydrogens is 302 g/mol. The number of nitrogens with zero attached hydrogens (tertiary/aromatic N) is 1. The van der Waals surface area contributed by atoms with E-state index in [9.17, 15) is 0 Å². The molecule has 1 nitrogen and oxygen atoms in total. The van der Waals surface area contributed by atoms with E-state index in [0.717, 1.165) is 0 Å². The Hall–Kier alpha value is -0.850. The van der Waals surface area contributed by atoms with Crippen LogP contribution in [-0.4, -0.2) is 0 Å². The second kappa shape index (κ2) is 21.2. The summed E-state index contributed by atoms with van der Waals surface area (Å²) in [6, 6.07) is 6.29. The number of rotatable bonds is 15. The van der Waals surface area contributed by atoms with Gasteiger partial charge in [0.2, 0.25) is 0 Å². The number of aromatic nitrogens is 1. The van der Waals surface area contributed by atoms with Crippen LogP contribution in [0.4, 0.5) is 0 Å². The van der Waals surface area contributed by atoms with Crippen molar-refractivity contribution in [3.8, 4) is 0 Å². The third-order valence-corrected chi connectivity index (χ3v) is 4.75. The molecular formula is C24H46N+. The van der Waals surface area contributed by atoms with Gasteiger partial charge >= 0.3 is 0 Å². The summed E-state index contributed by atoms with van der Waals surface area (Å²) in [7, 11) is 0. The normalized spacial score (nSPS) is 10.4. The first-order chi connectivity index (χ1) is 12.3. The van der Waals surface area contributed by atoms with Crippen molar-refractivity contribution in [2.75, 3.05) is 0 Å². The maximum Gasteiger partial charge on any atom is 0.168 e. The summed E-state index contributed by atoms with van der Waals surface area (Å²) >= 11 is 0. The minimum atomic E-state index is 1.18. The Labute approximate surface area is 159 Å². The van der Waals surface area contributed by atoms with Crippen LogP contribution in [0.25, 0.3) is 0 Å². The van der Waals surface area contributed by atoms with Crippen LogP contribution in [0.3, 0.4) is 0 Å². The van der Waals surface area contributed by atoms with Crippen molar-refractivity contribution in [1.29, 1.82) is 0 Å². The van der Waals surface area contributed by atoms with E-state index in [1.54, 1.807) is 0 Å². The van der Waals surface area contributed by atoms with Gasteiger partial charge in [0.15, 0.2) is 12.4 Å². The number of pyridine rings is 1. The van der Waals surface area contributed by atoms with Crippen molar-refractivity contribution in [3.05, 3.63) is 30.6 Å². The zero-order chi connectivity index (χ0) is 18.4. The Bertz CT molecular complexity index is 329. The van der Waals surface area contributed by atoms with Gasteiger partial charge < -0.3 is 0 Å². The Morgan fingerprint density at radius 1 is 0.440 bits per heavy atom. The molecule has 0 saturated heterocycles. The number of hydrogen-bond acceptors (Lipinski definition) is 0. The molecule has 1 heterocycles. The lowest BCUT2D eigenvalue weighted by molar-refractivity contribution is -0.697. The molecule has 0 atom stereocenters. The van der Waals surface area contributed by atoms with Crippen molar-refractivity contribution in [2.45, 2.75) is 124 Å². The highest BCUT2D eigenvalue weighted by atomic mass is 14.9. The van der Waals surface area contributed by atoms with E-state index < -0.39 is 0 Å². The van der Waals surface area contributed by atoms with Crippen molar-refractivity contribution in [2.24, 2.45) is 0 Å². The minimum absolute atomic E-state index is 1.18. The summed E-state index contributed by atoms with van der Waals surface area (Å²) in [6.07, 6.45) is 25.5. The van der Waals surface area contributed by atoms with Crippen LogP contribution < -0.4 is 4.57 Å². The highest BCUT2D eigenvalue weighted by molar-refractivity contribution is 4.83. The lowest BCUT2D eigenvalue weighted by atomic mass is 10.1. The molecule has 0 spiro atoms. The molecule has 0 bridgehead atoms. The lowest BCUT2D eigenvalue weighted by Gasteiger charge is -2.01. The predicted octanol–water partition coefficient (Wildman–Crippen LogP) is 7.87. The molecule has 1 aromatic heterocycles. The summed E-state index contributed by atoms with van der Waals surface area (Å²) in [4.78, 5) is 0. The van der Waals surface area contributed by atoms with Crippen molar-refractivity contribution in [1.82, 2.24) is 0 Å². The maximum absolute atomic E-state index is 2.28. The molecule has 0 amide bonds. The van der Waals surface area contributed by atoms with Crippen LogP contribution in [0.15, 0.2) is 30.6 Å². The number of aryl methyl sites for hydroxylation is 1. The quantitative estimate of drug-likeness (QED) is 0.224. The number of unbranched alkanes of at least 4 members (excludes halogenated alkanes) is 13. The van der Waals surface area contributed by atoms with E-state index >= 15 is 0 Å². The van der Waals surface area contributed by atoms with Gasteiger partial charge in [0.05, 0.1) is 0 Å². The van der Waals surface area contributed by atoms with Gasteiger partial charge in [-0.1, -0.05) is 110 Å². The highest BCUT2D eigenvalue weighted by Gasteiger charge is 1.97. The topological polar surface area (TPSA) is 3.88 Å². The fourth-order valence-corrected chi connectivity index (χ4v) is 3.04. The largest absolute Gasteiger partial charge is 0.205 e. The average molecular weight is 349 g/mol. The van der Waals surface area contributed by atoms with Gasteiger partial charge in [-0.25, -0.2) is 4.57 Å². The molecule has 1 aromatic rings. The van der Waals surface area contributed by atoms with Crippen LogP contribution in [0.5, 0.6) is 0 Å². The smallest absolute Gasteiger partial charge is 0.168 e. The third kappa shape index (κ3) is 19.3. The summed E-state index contributed by atoms with van der Waals surface area (Å²) in [5.41, 5.74) is 0. The van der Waals surface area contributed by atoms with Gasteiger partial charge in [-0.05, 0) is 6.42 Å². The summed E-state index contributed by atoms with van der Waals surface area (Å²) < 4.78 is 2.28. The standard InChI is InChI=1S/C17H30N.C7H16/c1-2-3-4-5-6-7-8-9-10-12-15-18-16-13-11-14-17-18;1-3-5-7-6-4-2/h11,13-14,16-17H,2-10,12,15H2,1H3;3-7H2,1-2H3/q+1;. The molecule has 0 fully saturated rings. The van der Waals surface area contributed by atoms with Crippen LogP contribution in [0, 0.1) is 0 Å². The predicted molar refractivity (Wildman–Crippen MR) is 113 cm³/mol. The third-order valence-electron chi connectivity index (χ3n) is 4.75. The van der Waals surface area contributed by atoms with E-state index in [1.165, 1.54) is 103 Å². The first-order valence-electron chi connectivity index (χ1n) is 11.3. The Balaban J connectivity index is 0.000000697. The molecule has 0 aliphatic heterocycles. The van der Waals surface area contributed by atoms with Gasteiger partial charge in [0, 0.05) is 18.6 Å². The molecule has 1 heteroatoms. The molecule has 0 N–H and O–H groups in total. The summed E-state index contributed by atoms with van der Waals surface area (Å²) in [6.45, 7) is 7.95. The first-order valence-corrected chi connectivity index (χ1v) is 11.3. The average Bonchev–Trinajstić information content (AvgIpc) is 2.65. The van der Waals surface area contributed by atoms with E-state index in [4.69, 9.17) is 0 Å². The van der Waals surface area contributed by atoms with Gasteiger partial charge in [-0.15, -0.1) is 0 Å². The molecule has 0 unspecified atom stereocenters. The minimum Gasteiger partial charge on any atom is -0.205 e. The fraction of sp³-hybridized carbons (Fsp3) is 0.792. The molecule has 146 valence electrons. The van der Waals surface area contributed by atoms with Gasteiger partial charge in [-0.3, -0.25) is 0 Å². The zero-order valence-corrected chi connectivity index (χ0v) is 17.6. The van der Waals surface area contributed by atoms with Gasteiger partial charge in [0.1, 0.15) is 6.54 Å². The molecule has 0 aliphatic carbocycles. The second-order valence-corrected chi connectivity index (χ2v) is 7.36. The zero-order valence-electron chi connectivity index (χ0n) is 17.6. The summed E-state index contributed by atoms with van der Waals surface area (Å²) in [5, 5.41) is 0. The van der Waals surface area contributed by atoms with Crippen LogP contribution in [0.2, 0.25) is 0 Å². The molecule has 0 saturated carbocycles. The number of hydrogen-bond donors (Lipinski definition) is 0. The lowest BCUT2D eigenvalue weighted by Crippen LogP contribution is -2.32. The second-order valence-electron chi connectivity index (χ2n) is 7.36. The molecule has 0 radical (unpaired) electrons. The van der Waals surface area contributed by atoms with Crippen molar-refractivity contribution < 1.29 is 4.57 Å². The van der Waals surface area contributed by atoms with E-state index in [0.29, 0.717) is 0 Å². The Kier molecular flexibility index (Phi) is 20.5. The molecule has 25 heavy (non-hydrogen) atoms. The highest BCUT2D eigenvalue weighted by Crippen LogP contribution is 2.10. The van der Waals surface area contributed by atoms with Crippen LogP contribution >= 0.6 is 0 Å². The molecule has 0 aliphatic rings. The van der Waals surface area contributed by atoms with Crippen molar-refractivity contribution >= 4 is 0 Å². The SMILES string of the molecule is CCCCCCC.CCCCCCCCCCCC[n+]1ccccc1. The van der Waals surface area contributed by atoms with Crippen LogP contribution in [0.1, 0.15) is 117 Å². The fourth-order valence-electron chi connectivity index (χ4n) is 3.04. The van der Waals surface area contributed by atoms with Crippen LogP contribution in [-0.2, 0) is 6.54 Å². The molecule has 1 rings (SSSR count). The van der Waals surface area contributed by atoms with E-state index in [1.807, 2.05) is 0 Å². The van der Waals surface area contributed by atoms with Crippen molar-refractivity contribution in [3.63, 3.8) is 0 Å². The Morgan fingerprint density at radius 3 is 1.24 bits per heavy atom. The first kappa shape index (κ1) is 24.1. The van der Waals surface area contributed by atoms with E-state index in [-0.39, 0.29) is 0 Å². The summed E-state index contributed by atoms with van der Waals surface area (Å²) in [5.74, 6) is 0. The monoisotopic (exact) mass is 348 g/mol. The van der Waals surface area contributed by atoms with Gasteiger partial charge in [-0.2, -0.15) is 0 Å².